The summed E-state index contributed by atoms with van der Waals surface area (Å²) in [5.74, 6) is -0.374. The molecule has 98 valence electrons. The van der Waals surface area contributed by atoms with Crippen molar-refractivity contribution in [1.29, 1.82) is 0 Å². The topological polar surface area (TPSA) is 55.2 Å². The second-order valence-corrected chi connectivity index (χ2v) is 5.69. The molecule has 0 unspecified atom stereocenters. The monoisotopic (exact) mass is 436 g/mol. The maximum Gasteiger partial charge on any atom is 0.282 e. The molecule has 0 saturated heterocycles. The van der Waals surface area contributed by atoms with Gasteiger partial charge in [-0.2, -0.15) is 0 Å². The van der Waals surface area contributed by atoms with Crippen LogP contribution in [0.15, 0.2) is 40.9 Å². The van der Waals surface area contributed by atoms with Gasteiger partial charge in [-0.05, 0) is 68.9 Å². The van der Waals surface area contributed by atoms with Crippen LogP contribution in [0.3, 0.4) is 0 Å². The largest absolute Gasteiger partial charge is 0.355 e. The van der Waals surface area contributed by atoms with Crippen molar-refractivity contribution in [3.05, 3.63) is 60.4 Å². The Bertz CT molecular complexity index is 652. The van der Waals surface area contributed by atoms with Gasteiger partial charge >= 0.3 is 0 Å². The normalized spacial score (nSPS) is 10.3. The van der Waals surface area contributed by atoms with Crippen LogP contribution in [0.5, 0.6) is 0 Å². The molecule has 0 amide bonds. The zero-order valence-electron chi connectivity index (χ0n) is 9.36. The van der Waals surface area contributed by atoms with Crippen LogP contribution in [0.1, 0.15) is 0 Å². The highest BCUT2D eigenvalue weighted by Crippen LogP contribution is 2.27. The lowest BCUT2D eigenvalue weighted by Crippen LogP contribution is -1.95. The van der Waals surface area contributed by atoms with Gasteiger partial charge in [-0.15, -0.1) is 0 Å². The maximum absolute atomic E-state index is 13.4. The van der Waals surface area contributed by atoms with Gasteiger partial charge in [0.1, 0.15) is 5.82 Å². The van der Waals surface area contributed by atoms with Gasteiger partial charge in [0.2, 0.25) is 0 Å². The number of anilines is 2. The molecule has 0 fully saturated rings. The highest BCUT2D eigenvalue weighted by Gasteiger charge is 2.11. The number of nitro groups is 1. The van der Waals surface area contributed by atoms with E-state index in [-0.39, 0.29) is 11.5 Å². The van der Waals surface area contributed by atoms with Crippen LogP contribution >= 0.6 is 38.5 Å². The minimum atomic E-state index is -0.440. The number of nitro benzene ring substituents is 1. The van der Waals surface area contributed by atoms with Crippen molar-refractivity contribution in [2.45, 2.75) is 0 Å². The number of nitrogens with one attached hydrogen (secondary N) is 1. The van der Waals surface area contributed by atoms with Crippen LogP contribution < -0.4 is 5.32 Å². The number of benzene rings is 2. The predicted octanol–water partition coefficient (Wildman–Crippen LogP) is 4.84. The first kappa shape index (κ1) is 14.2. The van der Waals surface area contributed by atoms with Gasteiger partial charge < -0.3 is 5.32 Å². The third-order valence-corrected chi connectivity index (χ3v) is 3.86. The lowest BCUT2D eigenvalue weighted by Gasteiger charge is -2.07. The molecule has 4 nitrogen and oxygen atoms in total. The molecule has 2 aromatic carbocycles. The van der Waals surface area contributed by atoms with E-state index in [1.54, 1.807) is 24.3 Å². The van der Waals surface area contributed by atoms with Crippen LogP contribution in [-0.2, 0) is 0 Å². The summed E-state index contributed by atoms with van der Waals surface area (Å²) in [7, 11) is 0. The first-order valence-electron chi connectivity index (χ1n) is 5.13. The lowest BCUT2D eigenvalue weighted by molar-refractivity contribution is -0.385. The smallest absolute Gasteiger partial charge is 0.282 e. The highest BCUT2D eigenvalue weighted by atomic mass is 127. The van der Waals surface area contributed by atoms with Gasteiger partial charge in [-0.25, -0.2) is 4.39 Å². The number of halogens is 3. The van der Waals surface area contributed by atoms with Crippen molar-refractivity contribution in [3.8, 4) is 0 Å². The molecule has 0 aliphatic heterocycles. The predicted molar refractivity (Wildman–Crippen MR) is 83.2 cm³/mol. The molecule has 0 saturated carbocycles. The molecule has 0 atom stereocenters. The summed E-state index contributed by atoms with van der Waals surface area (Å²) in [6.07, 6.45) is 0. The van der Waals surface area contributed by atoms with Gasteiger partial charge in [-0.1, -0.05) is 0 Å². The zero-order chi connectivity index (χ0) is 14.0. The zero-order valence-corrected chi connectivity index (χ0v) is 13.1. The number of hydrogen-bond donors (Lipinski definition) is 1. The standard InChI is InChI=1S/C12H7BrFIN2O2/c13-9-3-1-7(5-10(9)14)16-8-2-4-12(17(18)19)11(15)6-8/h1-6,16H. The van der Waals surface area contributed by atoms with E-state index >= 15 is 0 Å². The molecule has 0 heterocycles. The Morgan fingerprint density at radius 3 is 2.42 bits per heavy atom. The van der Waals surface area contributed by atoms with Crippen molar-refractivity contribution in [1.82, 2.24) is 0 Å². The molecule has 19 heavy (non-hydrogen) atoms. The summed E-state index contributed by atoms with van der Waals surface area (Å²) in [5, 5.41) is 13.7. The van der Waals surface area contributed by atoms with E-state index in [2.05, 4.69) is 21.2 Å². The average Bonchev–Trinajstić information content (AvgIpc) is 2.33. The van der Waals surface area contributed by atoms with E-state index in [9.17, 15) is 14.5 Å². The summed E-state index contributed by atoms with van der Waals surface area (Å²) in [5.41, 5.74) is 1.29. The van der Waals surface area contributed by atoms with Gasteiger partial charge in [0.25, 0.3) is 5.69 Å². The van der Waals surface area contributed by atoms with Gasteiger partial charge in [-0.3, -0.25) is 10.1 Å². The number of nitrogens with zero attached hydrogens (tertiary/aromatic N) is 1. The number of hydrogen-bond acceptors (Lipinski definition) is 3. The van der Waals surface area contributed by atoms with Gasteiger partial charge in [0.15, 0.2) is 0 Å². The Labute approximate surface area is 130 Å². The van der Waals surface area contributed by atoms with Crippen LogP contribution in [0.2, 0.25) is 0 Å². The van der Waals surface area contributed by atoms with Crippen molar-refractivity contribution in [2.24, 2.45) is 0 Å². The van der Waals surface area contributed by atoms with Crippen molar-refractivity contribution in [3.63, 3.8) is 0 Å². The van der Waals surface area contributed by atoms with E-state index in [1.165, 1.54) is 12.1 Å². The second-order valence-electron chi connectivity index (χ2n) is 3.68. The molecule has 0 aromatic heterocycles. The Morgan fingerprint density at radius 2 is 1.84 bits per heavy atom. The SMILES string of the molecule is O=[N+]([O-])c1ccc(Nc2ccc(Br)c(F)c2)cc1I. The third-order valence-electron chi connectivity index (χ3n) is 2.35. The fourth-order valence-corrected chi connectivity index (χ4v) is 2.43. The first-order chi connectivity index (χ1) is 8.97. The number of rotatable bonds is 3. The highest BCUT2D eigenvalue weighted by molar-refractivity contribution is 14.1. The molecular formula is C12H7BrFIN2O2. The molecule has 0 bridgehead atoms. The molecule has 0 spiro atoms. The van der Waals surface area contributed by atoms with Crippen LogP contribution in [0.25, 0.3) is 0 Å². The summed E-state index contributed by atoms with van der Waals surface area (Å²) in [4.78, 5) is 10.3. The van der Waals surface area contributed by atoms with Crippen molar-refractivity contribution < 1.29 is 9.31 Å². The Kier molecular flexibility index (Phi) is 4.35. The van der Waals surface area contributed by atoms with E-state index < -0.39 is 4.92 Å². The molecule has 2 aromatic rings. The quantitative estimate of drug-likeness (QED) is 0.425. The van der Waals surface area contributed by atoms with E-state index in [1.807, 2.05) is 22.6 Å². The van der Waals surface area contributed by atoms with Crippen molar-refractivity contribution >= 4 is 55.6 Å². The van der Waals surface area contributed by atoms with E-state index in [0.717, 1.165) is 0 Å². The molecular weight excluding hydrogens is 430 g/mol. The molecule has 1 N–H and O–H groups in total. The summed E-state index contributed by atoms with van der Waals surface area (Å²) >= 11 is 4.97. The Balaban J connectivity index is 2.26. The Hall–Kier alpha value is -1.22. The fraction of sp³-hybridized carbons (Fsp3) is 0. The minimum absolute atomic E-state index is 0.0492. The molecule has 0 aliphatic carbocycles. The average molecular weight is 437 g/mol. The first-order valence-corrected chi connectivity index (χ1v) is 7.00. The molecule has 0 radical (unpaired) electrons. The third kappa shape index (κ3) is 3.41. The summed E-state index contributed by atoms with van der Waals surface area (Å²) < 4.78 is 14.3. The van der Waals surface area contributed by atoms with Crippen LogP contribution in [0, 0.1) is 19.5 Å². The second kappa shape index (κ2) is 5.83. The van der Waals surface area contributed by atoms with Crippen LogP contribution in [-0.4, -0.2) is 4.92 Å². The van der Waals surface area contributed by atoms with Crippen molar-refractivity contribution in [2.75, 3.05) is 5.32 Å². The molecule has 7 heteroatoms. The van der Waals surface area contributed by atoms with Gasteiger partial charge in [0, 0.05) is 17.4 Å². The van der Waals surface area contributed by atoms with E-state index in [4.69, 9.17) is 0 Å². The maximum atomic E-state index is 13.4. The van der Waals surface area contributed by atoms with Gasteiger partial charge in [0.05, 0.1) is 13.0 Å². The lowest BCUT2D eigenvalue weighted by atomic mass is 10.2. The molecule has 0 aliphatic rings. The minimum Gasteiger partial charge on any atom is -0.355 e. The Morgan fingerprint density at radius 1 is 1.21 bits per heavy atom. The van der Waals surface area contributed by atoms with Crippen LogP contribution in [0.4, 0.5) is 21.5 Å². The van der Waals surface area contributed by atoms with E-state index in [0.29, 0.717) is 19.4 Å². The summed E-state index contributed by atoms with van der Waals surface area (Å²) in [6, 6.07) is 9.28. The summed E-state index contributed by atoms with van der Waals surface area (Å²) in [6.45, 7) is 0. The molecule has 2 rings (SSSR count). The fourth-order valence-electron chi connectivity index (χ4n) is 1.47.